The van der Waals surface area contributed by atoms with Gasteiger partial charge in [0, 0.05) is 5.57 Å². The van der Waals surface area contributed by atoms with E-state index in [-0.39, 0.29) is 18.2 Å². The zero-order chi connectivity index (χ0) is 12.5. The number of hydrogen-bond donors (Lipinski definition) is 1. The number of rotatable bonds is 8. The average Bonchev–Trinajstić information content (AvgIpc) is 2.61. The van der Waals surface area contributed by atoms with Gasteiger partial charge in [0.2, 0.25) is 5.91 Å². The Labute approximate surface area is 104 Å². The Morgan fingerprint density at radius 2 is 1.71 bits per heavy atom. The number of allylic oxidation sites excluding steroid dienone is 1. The van der Waals surface area contributed by atoms with Crippen LogP contribution in [0.1, 0.15) is 64.7 Å². The van der Waals surface area contributed by atoms with Crippen molar-refractivity contribution in [3.63, 3.8) is 0 Å². The van der Waals surface area contributed by atoms with Gasteiger partial charge in [-0.05, 0) is 12.8 Å². The van der Waals surface area contributed by atoms with Gasteiger partial charge in [0.25, 0.3) is 5.91 Å². The largest absolute Gasteiger partial charge is 0.292 e. The van der Waals surface area contributed by atoms with E-state index in [9.17, 15) is 9.59 Å². The van der Waals surface area contributed by atoms with E-state index in [4.69, 9.17) is 0 Å². The first-order valence-corrected chi connectivity index (χ1v) is 6.77. The van der Waals surface area contributed by atoms with Crippen LogP contribution in [0.25, 0.3) is 0 Å². The van der Waals surface area contributed by atoms with Gasteiger partial charge in [0.15, 0.2) is 0 Å². The molecule has 1 rings (SSSR count). The molecular weight excluding hydrogens is 214 g/mol. The lowest BCUT2D eigenvalue weighted by molar-refractivity contribution is -0.124. The molecule has 0 spiro atoms. The number of imide groups is 1. The molecule has 0 aliphatic carbocycles. The zero-order valence-corrected chi connectivity index (χ0v) is 10.8. The van der Waals surface area contributed by atoms with Gasteiger partial charge in [-0.1, -0.05) is 51.5 Å². The molecule has 3 nitrogen and oxygen atoms in total. The molecule has 96 valence electrons. The topological polar surface area (TPSA) is 46.2 Å². The highest BCUT2D eigenvalue weighted by Gasteiger charge is 2.22. The SMILES string of the molecule is CCCCCCCCC/C=C1\CC(=O)NC1=O. The number of nitrogens with one attached hydrogen (secondary N) is 1. The van der Waals surface area contributed by atoms with E-state index in [0.29, 0.717) is 5.57 Å². The van der Waals surface area contributed by atoms with Gasteiger partial charge < -0.3 is 0 Å². The van der Waals surface area contributed by atoms with E-state index in [1.54, 1.807) is 0 Å². The van der Waals surface area contributed by atoms with Crippen LogP contribution in [0.2, 0.25) is 0 Å². The van der Waals surface area contributed by atoms with Crippen molar-refractivity contribution in [2.45, 2.75) is 64.7 Å². The first-order chi connectivity index (χ1) is 8.24. The Balaban J connectivity index is 2.02. The summed E-state index contributed by atoms with van der Waals surface area (Å²) in [5.74, 6) is -0.362. The minimum absolute atomic E-state index is 0.166. The molecule has 0 atom stereocenters. The molecule has 17 heavy (non-hydrogen) atoms. The molecule has 0 bridgehead atoms. The molecule has 0 unspecified atom stereocenters. The Kier molecular flexibility index (Phi) is 6.60. The molecule has 0 aromatic heterocycles. The Morgan fingerprint density at radius 1 is 1.06 bits per heavy atom. The second-order valence-corrected chi connectivity index (χ2v) is 4.69. The van der Waals surface area contributed by atoms with Crippen molar-refractivity contribution in [2.75, 3.05) is 0 Å². The van der Waals surface area contributed by atoms with Crippen molar-refractivity contribution < 1.29 is 9.59 Å². The first kappa shape index (κ1) is 13.9. The van der Waals surface area contributed by atoms with Gasteiger partial charge in [-0.3, -0.25) is 14.9 Å². The summed E-state index contributed by atoms with van der Waals surface area (Å²) in [5, 5.41) is 2.30. The molecule has 1 aliphatic heterocycles. The predicted molar refractivity (Wildman–Crippen MR) is 68.5 cm³/mol. The minimum atomic E-state index is -0.196. The molecule has 3 heteroatoms. The molecule has 0 radical (unpaired) electrons. The lowest BCUT2D eigenvalue weighted by atomic mass is 10.1. The molecule has 0 saturated carbocycles. The van der Waals surface area contributed by atoms with Crippen LogP contribution in [0, 0.1) is 0 Å². The molecule has 1 N–H and O–H groups in total. The van der Waals surface area contributed by atoms with Gasteiger partial charge in [0.1, 0.15) is 0 Å². The predicted octanol–water partition coefficient (Wildman–Crippen LogP) is 3.10. The van der Waals surface area contributed by atoms with Crippen molar-refractivity contribution in [2.24, 2.45) is 0 Å². The lowest BCUT2D eigenvalue weighted by Gasteiger charge is -1.99. The van der Waals surface area contributed by atoms with Gasteiger partial charge in [0.05, 0.1) is 6.42 Å². The fraction of sp³-hybridized carbons (Fsp3) is 0.714. The number of unbranched alkanes of at least 4 members (excludes halogenated alkanes) is 7. The van der Waals surface area contributed by atoms with E-state index in [2.05, 4.69) is 12.2 Å². The normalized spacial score (nSPS) is 17.8. The van der Waals surface area contributed by atoms with Crippen molar-refractivity contribution in [3.05, 3.63) is 11.6 Å². The molecule has 1 saturated heterocycles. The van der Waals surface area contributed by atoms with E-state index in [0.717, 1.165) is 12.8 Å². The summed E-state index contributed by atoms with van der Waals surface area (Å²) in [6.07, 6.45) is 12.0. The van der Waals surface area contributed by atoms with Gasteiger partial charge in [-0.25, -0.2) is 0 Å². The van der Waals surface area contributed by atoms with E-state index < -0.39 is 0 Å². The molecule has 0 aromatic carbocycles. The summed E-state index contributed by atoms with van der Waals surface area (Å²) >= 11 is 0. The fourth-order valence-electron chi connectivity index (χ4n) is 2.05. The van der Waals surface area contributed by atoms with Crippen molar-refractivity contribution >= 4 is 11.8 Å². The quantitative estimate of drug-likeness (QED) is 0.400. The highest BCUT2D eigenvalue weighted by Crippen LogP contribution is 2.13. The monoisotopic (exact) mass is 237 g/mol. The highest BCUT2D eigenvalue weighted by atomic mass is 16.2. The maximum Gasteiger partial charge on any atom is 0.253 e. The second kappa shape index (κ2) is 8.04. The molecule has 1 fully saturated rings. The van der Waals surface area contributed by atoms with Crippen molar-refractivity contribution in [3.8, 4) is 0 Å². The lowest BCUT2D eigenvalue weighted by Crippen LogP contribution is -2.19. The summed E-state index contributed by atoms with van der Waals surface area (Å²) in [7, 11) is 0. The number of carbonyl (C=O) groups excluding carboxylic acids is 2. The van der Waals surface area contributed by atoms with Crippen LogP contribution in [0.3, 0.4) is 0 Å². The molecule has 0 aromatic rings. The Morgan fingerprint density at radius 3 is 2.29 bits per heavy atom. The highest BCUT2D eigenvalue weighted by molar-refractivity contribution is 6.13. The average molecular weight is 237 g/mol. The number of hydrogen-bond acceptors (Lipinski definition) is 2. The zero-order valence-electron chi connectivity index (χ0n) is 10.8. The van der Waals surface area contributed by atoms with E-state index in [1.807, 2.05) is 6.08 Å². The first-order valence-electron chi connectivity index (χ1n) is 6.77. The Bertz CT molecular complexity index is 295. The van der Waals surface area contributed by atoms with Crippen LogP contribution in [0.5, 0.6) is 0 Å². The van der Waals surface area contributed by atoms with E-state index >= 15 is 0 Å². The van der Waals surface area contributed by atoms with Gasteiger partial charge in [-0.15, -0.1) is 0 Å². The third-order valence-electron chi connectivity index (χ3n) is 3.09. The van der Waals surface area contributed by atoms with Gasteiger partial charge >= 0.3 is 0 Å². The minimum Gasteiger partial charge on any atom is -0.292 e. The van der Waals surface area contributed by atoms with Gasteiger partial charge in [-0.2, -0.15) is 0 Å². The van der Waals surface area contributed by atoms with Crippen molar-refractivity contribution in [1.82, 2.24) is 5.32 Å². The summed E-state index contributed by atoms with van der Waals surface area (Å²) < 4.78 is 0. The maximum atomic E-state index is 11.2. The van der Waals surface area contributed by atoms with Crippen LogP contribution < -0.4 is 5.32 Å². The standard InChI is InChI=1S/C14H23NO2/c1-2-3-4-5-6-7-8-9-10-12-11-13(16)15-14(12)17/h10H,2-9,11H2,1H3,(H,15,16,17)/b12-10+. The number of amides is 2. The summed E-state index contributed by atoms with van der Waals surface area (Å²) in [4.78, 5) is 22.1. The van der Waals surface area contributed by atoms with E-state index in [1.165, 1.54) is 38.5 Å². The summed E-state index contributed by atoms with van der Waals surface area (Å²) in [5.41, 5.74) is 0.654. The maximum absolute atomic E-state index is 11.2. The molecule has 2 amide bonds. The smallest absolute Gasteiger partial charge is 0.253 e. The molecule has 1 heterocycles. The molecular formula is C14H23NO2. The fourth-order valence-corrected chi connectivity index (χ4v) is 2.05. The van der Waals surface area contributed by atoms with Crippen LogP contribution in [0.4, 0.5) is 0 Å². The summed E-state index contributed by atoms with van der Waals surface area (Å²) in [6, 6.07) is 0. The van der Waals surface area contributed by atoms with Crippen LogP contribution in [0.15, 0.2) is 11.6 Å². The Hall–Kier alpha value is -1.12. The summed E-state index contributed by atoms with van der Waals surface area (Å²) in [6.45, 7) is 2.22. The third kappa shape index (κ3) is 5.66. The number of carbonyl (C=O) groups is 2. The second-order valence-electron chi connectivity index (χ2n) is 4.69. The van der Waals surface area contributed by atoms with Crippen LogP contribution in [-0.4, -0.2) is 11.8 Å². The van der Waals surface area contributed by atoms with Crippen molar-refractivity contribution in [1.29, 1.82) is 0 Å². The van der Waals surface area contributed by atoms with Crippen LogP contribution in [-0.2, 0) is 9.59 Å². The molecule has 1 aliphatic rings. The third-order valence-corrected chi connectivity index (χ3v) is 3.09. The van der Waals surface area contributed by atoms with Crippen LogP contribution >= 0.6 is 0 Å².